The third kappa shape index (κ3) is 2.51. The van der Waals surface area contributed by atoms with E-state index in [9.17, 15) is 9.59 Å². The molecular formula is C11H12BrN3O3. The number of halogens is 1. The Morgan fingerprint density at radius 2 is 2.28 bits per heavy atom. The molecule has 0 atom stereocenters. The Morgan fingerprint density at radius 1 is 1.50 bits per heavy atom. The van der Waals surface area contributed by atoms with Crippen LogP contribution in [0.2, 0.25) is 0 Å². The van der Waals surface area contributed by atoms with E-state index in [1.54, 1.807) is 12.3 Å². The topological polar surface area (TPSA) is 77.0 Å². The summed E-state index contributed by atoms with van der Waals surface area (Å²) >= 11 is 3.29. The smallest absolute Gasteiger partial charge is 0.316 e. The van der Waals surface area contributed by atoms with Crippen LogP contribution in [-0.4, -0.2) is 27.7 Å². The number of aromatic amines is 1. The van der Waals surface area contributed by atoms with Crippen LogP contribution in [0.3, 0.4) is 0 Å². The number of hydrogen-bond acceptors (Lipinski definition) is 4. The van der Waals surface area contributed by atoms with Crippen molar-refractivity contribution >= 4 is 27.1 Å². The molecule has 7 heteroatoms. The number of ether oxygens (including phenoxy) is 1. The number of H-pyrrole nitrogens is 1. The number of rotatable bonds is 4. The lowest BCUT2D eigenvalue weighted by atomic mass is 10.4. The summed E-state index contributed by atoms with van der Waals surface area (Å²) in [6.07, 6.45) is 1.57. The van der Waals surface area contributed by atoms with Gasteiger partial charge in [0.2, 0.25) is 0 Å². The van der Waals surface area contributed by atoms with Crippen molar-refractivity contribution in [3.63, 3.8) is 0 Å². The van der Waals surface area contributed by atoms with Crippen molar-refractivity contribution in [2.45, 2.75) is 13.5 Å². The quantitative estimate of drug-likeness (QED) is 0.671. The van der Waals surface area contributed by atoms with E-state index in [2.05, 4.69) is 25.9 Å². The van der Waals surface area contributed by atoms with Gasteiger partial charge in [-0.3, -0.25) is 14.2 Å². The molecule has 0 amide bonds. The van der Waals surface area contributed by atoms with E-state index >= 15 is 0 Å². The van der Waals surface area contributed by atoms with Crippen LogP contribution in [0.25, 0.3) is 11.2 Å². The number of hydrogen-bond donors (Lipinski definition) is 1. The van der Waals surface area contributed by atoms with E-state index in [-0.39, 0.29) is 0 Å². The first kappa shape index (κ1) is 13.0. The molecule has 0 unspecified atom stereocenters. The van der Waals surface area contributed by atoms with Crippen molar-refractivity contribution in [3.05, 3.63) is 37.4 Å². The molecule has 2 heterocycles. The van der Waals surface area contributed by atoms with Crippen molar-refractivity contribution in [3.8, 4) is 0 Å². The molecule has 0 aliphatic rings. The van der Waals surface area contributed by atoms with Crippen molar-refractivity contribution in [2.75, 3.05) is 13.2 Å². The summed E-state index contributed by atoms with van der Waals surface area (Å²) in [6, 6.07) is 1.74. The average Bonchev–Trinajstić information content (AvgIpc) is 2.35. The molecule has 2 rings (SSSR count). The third-order valence-corrected chi connectivity index (χ3v) is 2.89. The second-order valence-electron chi connectivity index (χ2n) is 3.63. The minimum absolute atomic E-state index is 0.325. The molecule has 96 valence electrons. The fourth-order valence-electron chi connectivity index (χ4n) is 1.65. The van der Waals surface area contributed by atoms with Gasteiger partial charge in [-0.25, -0.2) is 4.98 Å². The molecular weight excluding hydrogens is 302 g/mol. The number of pyridine rings is 1. The molecule has 2 aromatic heterocycles. The third-order valence-electron chi connectivity index (χ3n) is 2.46. The zero-order valence-electron chi connectivity index (χ0n) is 9.77. The highest BCUT2D eigenvalue weighted by Crippen LogP contribution is 2.13. The predicted molar refractivity (Wildman–Crippen MR) is 70.8 cm³/mol. The first-order chi connectivity index (χ1) is 8.63. The van der Waals surface area contributed by atoms with Crippen LogP contribution in [0, 0.1) is 0 Å². The Bertz CT molecular complexity index is 677. The van der Waals surface area contributed by atoms with Gasteiger partial charge in [0, 0.05) is 23.8 Å². The number of nitrogens with one attached hydrogen (secondary N) is 1. The molecule has 0 radical (unpaired) electrons. The largest absolute Gasteiger partial charge is 0.380 e. The highest BCUT2D eigenvalue weighted by molar-refractivity contribution is 9.10. The van der Waals surface area contributed by atoms with Crippen LogP contribution >= 0.6 is 15.9 Å². The van der Waals surface area contributed by atoms with E-state index < -0.39 is 11.1 Å². The lowest BCUT2D eigenvalue weighted by molar-refractivity contribution is 0.139. The van der Waals surface area contributed by atoms with Crippen LogP contribution in [0.15, 0.2) is 26.3 Å². The van der Waals surface area contributed by atoms with E-state index in [1.165, 1.54) is 4.57 Å². The summed E-state index contributed by atoms with van der Waals surface area (Å²) in [5.41, 5.74) is -0.302. The second kappa shape index (κ2) is 5.45. The molecule has 6 nitrogen and oxygen atoms in total. The number of fused-ring (bicyclic) bond motifs is 1. The van der Waals surface area contributed by atoms with Crippen LogP contribution < -0.4 is 11.1 Å². The molecule has 0 bridgehead atoms. The molecule has 0 saturated carbocycles. The highest BCUT2D eigenvalue weighted by Gasteiger charge is 2.08. The molecule has 0 aliphatic heterocycles. The average molecular weight is 314 g/mol. The Labute approximate surface area is 111 Å². The molecule has 0 spiro atoms. The van der Waals surface area contributed by atoms with Crippen LogP contribution in [0.4, 0.5) is 0 Å². The maximum atomic E-state index is 11.8. The van der Waals surface area contributed by atoms with E-state index in [0.29, 0.717) is 30.9 Å². The summed E-state index contributed by atoms with van der Waals surface area (Å²) in [4.78, 5) is 29.8. The van der Waals surface area contributed by atoms with Crippen LogP contribution in [0.5, 0.6) is 0 Å². The van der Waals surface area contributed by atoms with Gasteiger partial charge >= 0.3 is 11.1 Å². The second-order valence-corrected chi connectivity index (χ2v) is 4.54. The molecule has 0 aromatic carbocycles. The minimum atomic E-state index is -0.672. The van der Waals surface area contributed by atoms with Gasteiger partial charge in [0.05, 0.1) is 12.1 Å². The summed E-state index contributed by atoms with van der Waals surface area (Å²) in [5, 5.41) is 0. The van der Waals surface area contributed by atoms with Gasteiger partial charge in [-0.2, -0.15) is 0 Å². The normalized spacial score (nSPS) is 11.0. The SMILES string of the molecule is CCOCCn1c(=O)c(=O)[nH]c2ncc(Br)cc21. The van der Waals surface area contributed by atoms with E-state index in [1.807, 2.05) is 6.92 Å². The zero-order valence-corrected chi connectivity index (χ0v) is 11.4. The van der Waals surface area contributed by atoms with Gasteiger partial charge in [-0.1, -0.05) is 0 Å². The van der Waals surface area contributed by atoms with Crippen LogP contribution in [0.1, 0.15) is 6.92 Å². The van der Waals surface area contributed by atoms with Gasteiger partial charge in [-0.05, 0) is 28.9 Å². The Kier molecular flexibility index (Phi) is 3.93. The number of aromatic nitrogens is 3. The standard InChI is InChI=1S/C11H12BrN3O3/c1-2-18-4-3-15-8-5-7(12)6-13-9(8)14-10(16)11(15)17/h5-6H,2-4H2,1H3,(H,13,14,16). The Morgan fingerprint density at radius 3 is 3.00 bits per heavy atom. The minimum Gasteiger partial charge on any atom is -0.380 e. The first-order valence-electron chi connectivity index (χ1n) is 5.49. The van der Waals surface area contributed by atoms with Gasteiger partial charge in [0.15, 0.2) is 5.65 Å². The monoisotopic (exact) mass is 313 g/mol. The van der Waals surface area contributed by atoms with Crippen molar-refractivity contribution in [2.24, 2.45) is 0 Å². The summed E-state index contributed by atoms with van der Waals surface area (Å²) in [5.74, 6) is 0. The van der Waals surface area contributed by atoms with E-state index in [0.717, 1.165) is 4.47 Å². The first-order valence-corrected chi connectivity index (χ1v) is 6.29. The van der Waals surface area contributed by atoms with Crippen molar-refractivity contribution < 1.29 is 4.74 Å². The lowest BCUT2D eigenvalue weighted by Crippen LogP contribution is -2.37. The fourth-order valence-corrected chi connectivity index (χ4v) is 1.97. The molecule has 0 saturated heterocycles. The Hall–Kier alpha value is -1.47. The predicted octanol–water partition coefficient (Wildman–Crippen LogP) is 0.884. The van der Waals surface area contributed by atoms with Gasteiger partial charge in [-0.15, -0.1) is 0 Å². The van der Waals surface area contributed by atoms with Crippen LogP contribution in [-0.2, 0) is 11.3 Å². The highest BCUT2D eigenvalue weighted by atomic mass is 79.9. The molecule has 2 aromatic rings. The summed E-state index contributed by atoms with van der Waals surface area (Å²) in [6.45, 7) is 3.14. The summed E-state index contributed by atoms with van der Waals surface area (Å²) in [7, 11) is 0. The molecule has 0 fully saturated rings. The number of nitrogens with zero attached hydrogens (tertiary/aromatic N) is 2. The maximum absolute atomic E-state index is 11.8. The zero-order chi connectivity index (χ0) is 13.1. The molecule has 1 N–H and O–H groups in total. The molecule has 18 heavy (non-hydrogen) atoms. The lowest BCUT2D eigenvalue weighted by Gasteiger charge is -2.09. The molecule has 0 aliphatic carbocycles. The van der Waals surface area contributed by atoms with Gasteiger partial charge < -0.3 is 9.72 Å². The Balaban J connectivity index is 2.59. The fraction of sp³-hybridized carbons (Fsp3) is 0.364. The van der Waals surface area contributed by atoms with Crippen molar-refractivity contribution in [1.29, 1.82) is 0 Å². The van der Waals surface area contributed by atoms with E-state index in [4.69, 9.17) is 4.74 Å². The van der Waals surface area contributed by atoms with Gasteiger partial charge in [0.25, 0.3) is 0 Å². The van der Waals surface area contributed by atoms with Gasteiger partial charge in [0.1, 0.15) is 0 Å². The maximum Gasteiger partial charge on any atom is 0.316 e. The van der Waals surface area contributed by atoms with Crippen molar-refractivity contribution in [1.82, 2.24) is 14.5 Å². The summed E-state index contributed by atoms with van der Waals surface area (Å²) < 4.78 is 7.33.